The van der Waals surface area contributed by atoms with Gasteiger partial charge < -0.3 is 11.5 Å². The van der Waals surface area contributed by atoms with Crippen LogP contribution in [0.5, 0.6) is 0 Å². The van der Waals surface area contributed by atoms with E-state index in [-0.39, 0.29) is 5.91 Å². The highest BCUT2D eigenvalue weighted by Crippen LogP contribution is 2.16. The zero-order valence-corrected chi connectivity index (χ0v) is 8.10. The number of rotatable bonds is 6. The molecule has 0 aliphatic rings. The van der Waals surface area contributed by atoms with Gasteiger partial charge in [-0.05, 0) is 12.8 Å². The number of nitrogens with two attached hydrogens (primary N) is 2. The van der Waals surface area contributed by atoms with Gasteiger partial charge in [0.15, 0.2) is 0 Å². The maximum Gasteiger partial charge on any atom is 0.237 e. The van der Waals surface area contributed by atoms with E-state index in [0.717, 1.165) is 19.3 Å². The molecule has 0 fully saturated rings. The van der Waals surface area contributed by atoms with Crippen molar-refractivity contribution in [1.29, 1.82) is 0 Å². The molecule has 1 amide bonds. The highest BCUT2D eigenvalue weighted by molar-refractivity contribution is 5.84. The van der Waals surface area contributed by atoms with Crippen LogP contribution in [-0.2, 0) is 4.79 Å². The predicted molar refractivity (Wildman–Crippen MR) is 50.5 cm³/mol. The second-order valence-corrected chi connectivity index (χ2v) is 3.37. The topological polar surface area (TPSA) is 69.1 Å². The third-order valence-corrected chi connectivity index (χ3v) is 2.16. The van der Waals surface area contributed by atoms with Crippen molar-refractivity contribution in [3.63, 3.8) is 0 Å². The molecule has 0 aromatic rings. The van der Waals surface area contributed by atoms with Gasteiger partial charge in [-0.1, -0.05) is 33.1 Å². The molecule has 1 unspecified atom stereocenters. The van der Waals surface area contributed by atoms with Crippen LogP contribution in [0.3, 0.4) is 0 Å². The Hall–Kier alpha value is -0.570. The van der Waals surface area contributed by atoms with Gasteiger partial charge in [-0.15, -0.1) is 0 Å². The molecule has 0 aliphatic heterocycles. The van der Waals surface area contributed by atoms with E-state index in [4.69, 9.17) is 11.5 Å². The molecule has 0 aliphatic carbocycles. The molecule has 12 heavy (non-hydrogen) atoms. The summed E-state index contributed by atoms with van der Waals surface area (Å²) in [6, 6.07) is 0. The van der Waals surface area contributed by atoms with E-state index in [1.54, 1.807) is 0 Å². The fourth-order valence-corrected chi connectivity index (χ4v) is 1.31. The minimum Gasteiger partial charge on any atom is -0.368 e. The van der Waals surface area contributed by atoms with Crippen LogP contribution in [0.15, 0.2) is 0 Å². The summed E-state index contributed by atoms with van der Waals surface area (Å²) in [5.74, 6) is -0.363. The first kappa shape index (κ1) is 11.4. The number of amides is 1. The Morgan fingerprint density at radius 2 is 1.83 bits per heavy atom. The van der Waals surface area contributed by atoms with Crippen molar-refractivity contribution in [3.8, 4) is 0 Å². The molecule has 3 heteroatoms. The third-order valence-electron chi connectivity index (χ3n) is 2.16. The molecule has 0 aromatic carbocycles. The van der Waals surface area contributed by atoms with Gasteiger partial charge in [-0.25, -0.2) is 0 Å². The molecular formula is C9H20N2O. The maximum atomic E-state index is 11.0. The molecule has 0 spiro atoms. The number of primary amides is 1. The van der Waals surface area contributed by atoms with Crippen molar-refractivity contribution in [2.24, 2.45) is 11.5 Å². The Morgan fingerprint density at radius 3 is 2.17 bits per heavy atom. The van der Waals surface area contributed by atoms with Crippen molar-refractivity contribution in [1.82, 2.24) is 0 Å². The zero-order valence-electron chi connectivity index (χ0n) is 8.10. The summed E-state index contributed by atoms with van der Waals surface area (Å²) in [5.41, 5.74) is 10.3. The number of unbranched alkanes of at least 4 members (excludes halogenated alkanes) is 1. The molecule has 0 aromatic heterocycles. The van der Waals surface area contributed by atoms with E-state index in [9.17, 15) is 4.79 Å². The minimum atomic E-state index is -0.759. The summed E-state index contributed by atoms with van der Waals surface area (Å²) in [6.07, 6.45) is 4.34. The summed E-state index contributed by atoms with van der Waals surface area (Å²) in [4.78, 5) is 11.0. The lowest BCUT2D eigenvalue weighted by Crippen LogP contribution is -2.51. The second kappa shape index (κ2) is 5.14. The summed E-state index contributed by atoms with van der Waals surface area (Å²) < 4.78 is 0. The van der Waals surface area contributed by atoms with Gasteiger partial charge in [0, 0.05) is 0 Å². The Bertz CT molecular complexity index is 147. The lowest BCUT2D eigenvalue weighted by atomic mass is 9.88. The van der Waals surface area contributed by atoms with E-state index in [1.807, 2.05) is 6.92 Å². The SMILES string of the molecule is CCCCC(N)(CCC)C(N)=O. The van der Waals surface area contributed by atoms with E-state index in [2.05, 4.69) is 6.92 Å². The van der Waals surface area contributed by atoms with E-state index >= 15 is 0 Å². The molecule has 72 valence electrons. The largest absolute Gasteiger partial charge is 0.368 e. The van der Waals surface area contributed by atoms with Crippen LogP contribution < -0.4 is 11.5 Å². The molecular weight excluding hydrogens is 152 g/mol. The molecule has 0 saturated heterocycles. The summed E-state index contributed by atoms with van der Waals surface area (Å²) >= 11 is 0. The molecule has 1 atom stereocenters. The van der Waals surface area contributed by atoms with Crippen LogP contribution in [0.2, 0.25) is 0 Å². The van der Waals surface area contributed by atoms with Crippen LogP contribution in [0.4, 0.5) is 0 Å². The van der Waals surface area contributed by atoms with E-state index < -0.39 is 5.54 Å². The number of hydrogen-bond donors (Lipinski definition) is 2. The predicted octanol–water partition coefficient (Wildman–Crippen LogP) is 1.16. The summed E-state index contributed by atoms with van der Waals surface area (Å²) in [5, 5.41) is 0. The fourth-order valence-electron chi connectivity index (χ4n) is 1.31. The van der Waals surface area contributed by atoms with Gasteiger partial charge in [-0.3, -0.25) is 4.79 Å². The van der Waals surface area contributed by atoms with Gasteiger partial charge in [0.1, 0.15) is 0 Å². The van der Waals surface area contributed by atoms with Gasteiger partial charge in [0.2, 0.25) is 5.91 Å². The van der Waals surface area contributed by atoms with Crippen molar-refractivity contribution >= 4 is 5.91 Å². The average Bonchev–Trinajstić information content (AvgIpc) is 2.01. The maximum absolute atomic E-state index is 11.0. The highest BCUT2D eigenvalue weighted by Gasteiger charge is 2.29. The number of carbonyl (C=O) groups excluding carboxylic acids is 1. The van der Waals surface area contributed by atoms with E-state index in [1.165, 1.54) is 0 Å². The smallest absolute Gasteiger partial charge is 0.237 e. The lowest BCUT2D eigenvalue weighted by Gasteiger charge is -2.24. The van der Waals surface area contributed by atoms with Gasteiger partial charge in [-0.2, -0.15) is 0 Å². The van der Waals surface area contributed by atoms with Gasteiger partial charge in [0.05, 0.1) is 5.54 Å². The first-order valence-corrected chi connectivity index (χ1v) is 4.65. The van der Waals surface area contributed by atoms with Crippen molar-refractivity contribution < 1.29 is 4.79 Å². The molecule has 0 bridgehead atoms. The monoisotopic (exact) mass is 172 g/mol. The first-order chi connectivity index (χ1) is 5.56. The highest BCUT2D eigenvalue weighted by atomic mass is 16.1. The fraction of sp³-hybridized carbons (Fsp3) is 0.889. The summed E-state index contributed by atoms with van der Waals surface area (Å²) in [7, 11) is 0. The van der Waals surface area contributed by atoms with Crippen LogP contribution in [0, 0.1) is 0 Å². The average molecular weight is 172 g/mol. The standard InChI is InChI=1S/C9H20N2O/c1-3-5-7-9(11,6-4-2)8(10)12/h3-7,11H2,1-2H3,(H2,10,12). The van der Waals surface area contributed by atoms with Crippen LogP contribution in [0.1, 0.15) is 46.0 Å². The minimum absolute atomic E-state index is 0.363. The molecule has 0 radical (unpaired) electrons. The molecule has 0 heterocycles. The van der Waals surface area contributed by atoms with Gasteiger partial charge >= 0.3 is 0 Å². The third kappa shape index (κ3) is 3.22. The van der Waals surface area contributed by atoms with Crippen molar-refractivity contribution in [2.75, 3.05) is 0 Å². The van der Waals surface area contributed by atoms with Crippen LogP contribution in [0.25, 0.3) is 0 Å². The Kier molecular flexibility index (Phi) is 4.90. The Labute approximate surface area is 74.5 Å². The molecule has 3 nitrogen and oxygen atoms in total. The van der Waals surface area contributed by atoms with Crippen LogP contribution in [-0.4, -0.2) is 11.4 Å². The van der Waals surface area contributed by atoms with Crippen LogP contribution >= 0.6 is 0 Å². The van der Waals surface area contributed by atoms with Crippen molar-refractivity contribution in [3.05, 3.63) is 0 Å². The lowest BCUT2D eigenvalue weighted by molar-refractivity contribution is -0.123. The summed E-state index contributed by atoms with van der Waals surface area (Å²) in [6.45, 7) is 4.09. The van der Waals surface area contributed by atoms with E-state index in [0.29, 0.717) is 12.8 Å². The quantitative estimate of drug-likeness (QED) is 0.631. The number of hydrogen-bond acceptors (Lipinski definition) is 2. The second-order valence-electron chi connectivity index (χ2n) is 3.37. The molecule has 0 saturated carbocycles. The first-order valence-electron chi connectivity index (χ1n) is 4.65. The Morgan fingerprint density at radius 1 is 1.25 bits per heavy atom. The number of carbonyl (C=O) groups is 1. The zero-order chi connectivity index (χ0) is 9.61. The molecule has 0 rings (SSSR count). The van der Waals surface area contributed by atoms with Gasteiger partial charge in [0.25, 0.3) is 0 Å². The molecule has 4 N–H and O–H groups in total. The Balaban J connectivity index is 4.08. The normalized spacial score (nSPS) is 15.6. The van der Waals surface area contributed by atoms with Crippen molar-refractivity contribution in [2.45, 2.75) is 51.5 Å².